The molecule has 0 aliphatic carbocycles. The van der Waals surface area contributed by atoms with Gasteiger partial charge in [0.25, 0.3) is 0 Å². The van der Waals surface area contributed by atoms with Gasteiger partial charge in [-0.1, -0.05) is 30.3 Å². The van der Waals surface area contributed by atoms with Gasteiger partial charge in [-0.15, -0.1) is 0 Å². The molecule has 100 valence electrons. The van der Waals surface area contributed by atoms with Crippen LogP contribution < -0.4 is 0 Å². The number of benzene rings is 1. The maximum Gasteiger partial charge on any atom is 0.308 e. The van der Waals surface area contributed by atoms with E-state index >= 15 is 0 Å². The fourth-order valence-corrected chi connectivity index (χ4v) is 2.02. The van der Waals surface area contributed by atoms with Gasteiger partial charge in [0.05, 0.1) is 13.0 Å². The minimum absolute atomic E-state index is 0.0302. The first kappa shape index (κ1) is 14.7. The molecule has 0 heterocycles. The van der Waals surface area contributed by atoms with E-state index in [9.17, 15) is 4.79 Å². The van der Waals surface area contributed by atoms with Crippen molar-refractivity contribution in [3.8, 4) is 0 Å². The highest BCUT2D eigenvalue weighted by molar-refractivity contribution is 5.72. The van der Waals surface area contributed by atoms with Crippen LogP contribution in [0.15, 0.2) is 30.3 Å². The summed E-state index contributed by atoms with van der Waals surface area (Å²) in [6.07, 6.45) is 2.65. The van der Waals surface area contributed by atoms with Crippen LogP contribution >= 0.6 is 0 Å². The van der Waals surface area contributed by atoms with E-state index in [0.717, 1.165) is 25.8 Å². The molecule has 0 amide bonds. The summed E-state index contributed by atoms with van der Waals surface area (Å²) in [6.45, 7) is 1.00. The number of esters is 1. The van der Waals surface area contributed by atoms with Gasteiger partial charge < -0.3 is 9.64 Å². The molecule has 0 saturated heterocycles. The van der Waals surface area contributed by atoms with Crippen molar-refractivity contribution in [2.24, 2.45) is 5.92 Å². The van der Waals surface area contributed by atoms with E-state index in [1.807, 2.05) is 32.3 Å². The molecule has 3 nitrogen and oxygen atoms in total. The van der Waals surface area contributed by atoms with Crippen molar-refractivity contribution < 1.29 is 9.53 Å². The Balaban J connectivity index is 2.53. The summed E-state index contributed by atoms with van der Waals surface area (Å²) < 4.78 is 4.89. The summed E-state index contributed by atoms with van der Waals surface area (Å²) in [5, 5.41) is 0. The standard InChI is InChI=1S/C15H23NO2/c1-16(2)11-7-10-14(15(17)18-3)12-13-8-5-4-6-9-13/h4-6,8-9,14H,7,10-12H2,1-3H3/t14-/m1/s1. The van der Waals surface area contributed by atoms with E-state index in [1.54, 1.807) is 0 Å². The van der Waals surface area contributed by atoms with Crippen LogP contribution in [0.5, 0.6) is 0 Å². The smallest absolute Gasteiger partial charge is 0.308 e. The summed E-state index contributed by atoms with van der Waals surface area (Å²) in [5.74, 6) is -0.130. The summed E-state index contributed by atoms with van der Waals surface area (Å²) in [4.78, 5) is 13.9. The number of hydrogen-bond donors (Lipinski definition) is 0. The molecule has 1 rings (SSSR count). The third-order valence-electron chi connectivity index (χ3n) is 3.02. The van der Waals surface area contributed by atoms with Gasteiger partial charge in [-0.05, 0) is 45.5 Å². The van der Waals surface area contributed by atoms with Crippen molar-refractivity contribution in [1.82, 2.24) is 4.90 Å². The summed E-state index contributed by atoms with van der Waals surface area (Å²) >= 11 is 0. The largest absolute Gasteiger partial charge is 0.469 e. The van der Waals surface area contributed by atoms with Gasteiger partial charge in [-0.2, -0.15) is 0 Å². The predicted octanol–water partition coefficient (Wildman–Crippen LogP) is 2.36. The van der Waals surface area contributed by atoms with Crippen molar-refractivity contribution >= 4 is 5.97 Å². The number of rotatable bonds is 7. The zero-order valence-corrected chi connectivity index (χ0v) is 11.6. The van der Waals surface area contributed by atoms with E-state index in [0.29, 0.717) is 0 Å². The molecule has 0 aliphatic rings. The SMILES string of the molecule is COC(=O)[C@H](CCCN(C)C)Cc1ccccc1. The van der Waals surface area contributed by atoms with Gasteiger partial charge in [-0.3, -0.25) is 4.79 Å². The predicted molar refractivity (Wildman–Crippen MR) is 73.4 cm³/mol. The van der Waals surface area contributed by atoms with Crippen molar-refractivity contribution in [3.63, 3.8) is 0 Å². The molecule has 0 bridgehead atoms. The van der Waals surface area contributed by atoms with Gasteiger partial charge in [0.2, 0.25) is 0 Å². The van der Waals surface area contributed by atoms with Gasteiger partial charge in [0.1, 0.15) is 0 Å². The van der Waals surface area contributed by atoms with Crippen LogP contribution in [0.4, 0.5) is 0 Å². The molecule has 0 fully saturated rings. The molecule has 0 radical (unpaired) electrons. The quantitative estimate of drug-likeness (QED) is 0.695. The second-order valence-electron chi connectivity index (χ2n) is 4.86. The van der Waals surface area contributed by atoms with Crippen LogP contribution in [0.25, 0.3) is 0 Å². The molecule has 1 aromatic rings. The molecular weight excluding hydrogens is 226 g/mol. The molecule has 1 aromatic carbocycles. The zero-order chi connectivity index (χ0) is 13.4. The molecule has 0 aromatic heterocycles. The Morgan fingerprint density at radius 1 is 1.28 bits per heavy atom. The normalized spacial score (nSPS) is 12.4. The first-order valence-corrected chi connectivity index (χ1v) is 6.40. The highest BCUT2D eigenvalue weighted by Gasteiger charge is 2.19. The molecule has 0 N–H and O–H groups in total. The Morgan fingerprint density at radius 3 is 2.50 bits per heavy atom. The molecule has 0 spiro atoms. The fraction of sp³-hybridized carbons (Fsp3) is 0.533. The Morgan fingerprint density at radius 2 is 1.94 bits per heavy atom. The number of ether oxygens (including phenoxy) is 1. The van der Waals surface area contributed by atoms with Crippen LogP contribution in [0.1, 0.15) is 18.4 Å². The average Bonchev–Trinajstić information content (AvgIpc) is 2.37. The van der Waals surface area contributed by atoms with Gasteiger partial charge >= 0.3 is 5.97 Å². The molecule has 0 unspecified atom stereocenters. The maximum absolute atomic E-state index is 11.8. The van der Waals surface area contributed by atoms with E-state index in [4.69, 9.17) is 4.74 Å². The summed E-state index contributed by atoms with van der Waals surface area (Å²) in [6, 6.07) is 10.1. The first-order chi connectivity index (χ1) is 8.63. The van der Waals surface area contributed by atoms with Crippen LogP contribution in [-0.2, 0) is 16.0 Å². The second kappa shape index (κ2) is 7.88. The Labute approximate surface area is 110 Å². The molecule has 3 heteroatoms. The maximum atomic E-state index is 11.8. The van der Waals surface area contributed by atoms with Crippen molar-refractivity contribution in [2.75, 3.05) is 27.7 Å². The first-order valence-electron chi connectivity index (χ1n) is 6.40. The molecule has 18 heavy (non-hydrogen) atoms. The fourth-order valence-electron chi connectivity index (χ4n) is 2.02. The van der Waals surface area contributed by atoms with Crippen molar-refractivity contribution in [2.45, 2.75) is 19.3 Å². The summed E-state index contributed by atoms with van der Waals surface area (Å²) in [7, 11) is 5.56. The van der Waals surface area contributed by atoms with Crippen molar-refractivity contribution in [1.29, 1.82) is 0 Å². The summed E-state index contributed by atoms with van der Waals surface area (Å²) in [5.41, 5.74) is 1.19. The molecule has 0 saturated carbocycles. The lowest BCUT2D eigenvalue weighted by Crippen LogP contribution is -2.21. The highest BCUT2D eigenvalue weighted by atomic mass is 16.5. The van der Waals surface area contributed by atoms with Crippen LogP contribution in [0.3, 0.4) is 0 Å². The van der Waals surface area contributed by atoms with Crippen molar-refractivity contribution in [3.05, 3.63) is 35.9 Å². The Kier molecular flexibility index (Phi) is 6.44. The van der Waals surface area contributed by atoms with E-state index in [-0.39, 0.29) is 11.9 Å². The minimum Gasteiger partial charge on any atom is -0.469 e. The van der Waals surface area contributed by atoms with Gasteiger partial charge in [0, 0.05) is 0 Å². The number of hydrogen-bond acceptors (Lipinski definition) is 3. The zero-order valence-electron chi connectivity index (χ0n) is 11.6. The van der Waals surface area contributed by atoms with Gasteiger partial charge in [0.15, 0.2) is 0 Å². The van der Waals surface area contributed by atoms with E-state index in [2.05, 4.69) is 17.0 Å². The number of carbonyl (C=O) groups is 1. The second-order valence-corrected chi connectivity index (χ2v) is 4.86. The molecule has 0 aliphatic heterocycles. The molecule has 1 atom stereocenters. The lowest BCUT2D eigenvalue weighted by molar-refractivity contribution is -0.145. The van der Waals surface area contributed by atoms with Gasteiger partial charge in [-0.25, -0.2) is 0 Å². The lowest BCUT2D eigenvalue weighted by Gasteiger charge is -2.16. The Bertz CT molecular complexity index is 349. The lowest BCUT2D eigenvalue weighted by atomic mass is 9.95. The number of nitrogens with zero attached hydrogens (tertiary/aromatic N) is 1. The minimum atomic E-state index is -0.0994. The monoisotopic (exact) mass is 249 g/mol. The Hall–Kier alpha value is -1.35. The third kappa shape index (κ3) is 5.32. The highest BCUT2D eigenvalue weighted by Crippen LogP contribution is 2.16. The van der Waals surface area contributed by atoms with Crippen LogP contribution in [0.2, 0.25) is 0 Å². The van der Waals surface area contributed by atoms with Crippen LogP contribution in [-0.4, -0.2) is 38.6 Å². The number of methoxy groups -OCH3 is 1. The van der Waals surface area contributed by atoms with E-state index < -0.39 is 0 Å². The average molecular weight is 249 g/mol. The van der Waals surface area contributed by atoms with E-state index in [1.165, 1.54) is 12.7 Å². The third-order valence-corrected chi connectivity index (χ3v) is 3.02. The molecular formula is C15H23NO2. The number of carbonyl (C=O) groups excluding carboxylic acids is 1. The van der Waals surface area contributed by atoms with Crippen LogP contribution in [0, 0.1) is 5.92 Å². The topological polar surface area (TPSA) is 29.5 Å².